The number of rotatable bonds is 5. The van der Waals surface area contributed by atoms with Gasteiger partial charge in [-0.2, -0.15) is 9.57 Å². The number of anilines is 1. The van der Waals surface area contributed by atoms with Crippen molar-refractivity contribution in [2.45, 2.75) is 37.6 Å². The molecule has 0 N–H and O–H groups in total. The molecular formula is C27H25ClN4O3S. The van der Waals surface area contributed by atoms with Crippen LogP contribution in [0.15, 0.2) is 54.9 Å². The van der Waals surface area contributed by atoms with Gasteiger partial charge in [0.25, 0.3) is 0 Å². The molecule has 6 rings (SSSR count). The number of sulfonamides is 1. The second kappa shape index (κ2) is 8.27. The molecule has 7 nitrogen and oxygen atoms in total. The molecule has 3 aromatic rings. The number of pyridine rings is 1. The number of hydrogen-bond acceptors (Lipinski definition) is 5. The number of amides is 1. The van der Waals surface area contributed by atoms with Gasteiger partial charge in [0.15, 0.2) is 0 Å². The maximum atomic E-state index is 14.3. The predicted octanol–water partition coefficient (Wildman–Crippen LogP) is 4.40. The molecule has 2 aromatic carbocycles. The highest BCUT2D eigenvalue weighted by Crippen LogP contribution is 2.51. The summed E-state index contributed by atoms with van der Waals surface area (Å²) in [7, 11) is -3.69. The highest BCUT2D eigenvalue weighted by Gasteiger charge is 2.55. The molecule has 1 aromatic heterocycles. The van der Waals surface area contributed by atoms with Crippen LogP contribution in [0.5, 0.6) is 0 Å². The van der Waals surface area contributed by atoms with Crippen LogP contribution in [0.2, 0.25) is 5.02 Å². The van der Waals surface area contributed by atoms with Crippen molar-refractivity contribution in [1.82, 2.24) is 9.29 Å². The Kier molecular flexibility index (Phi) is 5.38. The highest BCUT2D eigenvalue weighted by atomic mass is 35.5. The van der Waals surface area contributed by atoms with Crippen molar-refractivity contribution in [2.24, 2.45) is 5.41 Å². The van der Waals surface area contributed by atoms with Crippen molar-refractivity contribution in [3.8, 4) is 6.07 Å². The predicted molar refractivity (Wildman–Crippen MR) is 138 cm³/mol. The molecule has 2 fully saturated rings. The molecule has 3 heterocycles. The summed E-state index contributed by atoms with van der Waals surface area (Å²) in [5.41, 5.74) is 0.839. The number of nitrogens with zero attached hydrogens (tertiary/aromatic N) is 4. The molecule has 1 saturated heterocycles. The SMILES string of the molecule is N#CCC1(CS(=O)(=O)N2Cc3ccc(Cl)cc3C3(CCN(c4cncc5ccccc45)C3=O)C2)CC1. The van der Waals surface area contributed by atoms with Crippen LogP contribution in [0.25, 0.3) is 10.8 Å². The normalized spacial score (nSPS) is 23.1. The van der Waals surface area contributed by atoms with Gasteiger partial charge in [0, 0.05) is 48.0 Å². The van der Waals surface area contributed by atoms with Crippen LogP contribution in [0, 0.1) is 16.7 Å². The van der Waals surface area contributed by atoms with Gasteiger partial charge in [0.2, 0.25) is 15.9 Å². The summed E-state index contributed by atoms with van der Waals surface area (Å²) in [5.74, 6) is -0.195. The molecule has 2 aliphatic heterocycles. The summed E-state index contributed by atoms with van der Waals surface area (Å²) < 4.78 is 28.7. The molecule has 0 bridgehead atoms. The van der Waals surface area contributed by atoms with E-state index >= 15 is 0 Å². The van der Waals surface area contributed by atoms with E-state index in [0.717, 1.165) is 40.4 Å². The largest absolute Gasteiger partial charge is 0.309 e. The van der Waals surface area contributed by atoms with Crippen molar-refractivity contribution < 1.29 is 13.2 Å². The Labute approximate surface area is 215 Å². The summed E-state index contributed by atoms with van der Waals surface area (Å²) in [6, 6.07) is 15.3. The standard InChI is InChI=1S/C27H25ClN4O3S/c28-21-6-5-20-16-31(36(34,35)18-26(7-8-26)9-11-29)17-27(23(20)13-21)10-12-32(25(27)33)24-15-30-14-19-3-1-2-4-22(19)24/h1-6,13-15H,7-10,12,16-18H2. The van der Waals surface area contributed by atoms with Crippen molar-refractivity contribution in [3.63, 3.8) is 0 Å². The number of nitriles is 1. The molecule has 1 amide bonds. The number of carbonyl (C=O) groups excluding carboxylic acids is 1. The van der Waals surface area contributed by atoms with Crippen molar-refractivity contribution >= 4 is 44.0 Å². The number of carbonyl (C=O) groups is 1. The summed E-state index contributed by atoms with van der Waals surface area (Å²) >= 11 is 6.38. The molecule has 0 radical (unpaired) electrons. The fourth-order valence-corrected chi connectivity index (χ4v) is 8.14. The number of aromatic nitrogens is 1. The van der Waals surface area contributed by atoms with Crippen LogP contribution in [0.4, 0.5) is 5.69 Å². The van der Waals surface area contributed by atoms with Gasteiger partial charge in [-0.1, -0.05) is 41.9 Å². The van der Waals surface area contributed by atoms with E-state index in [1.54, 1.807) is 23.4 Å². The van der Waals surface area contributed by atoms with Gasteiger partial charge in [0.05, 0.1) is 29.1 Å². The van der Waals surface area contributed by atoms with E-state index in [4.69, 9.17) is 11.6 Å². The molecule has 9 heteroatoms. The third kappa shape index (κ3) is 3.69. The van der Waals surface area contributed by atoms with E-state index in [0.29, 0.717) is 18.0 Å². The quantitative estimate of drug-likeness (QED) is 0.497. The molecule has 1 atom stereocenters. The lowest BCUT2D eigenvalue weighted by atomic mass is 9.74. The highest BCUT2D eigenvalue weighted by molar-refractivity contribution is 7.89. The van der Waals surface area contributed by atoms with Crippen molar-refractivity contribution in [2.75, 3.05) is 23.7 Å². The molecule has 1 spiro atoms. The first kappa shape index (κ1) is 23.4. The van der Waals surface area contributed by atoms with E-state index < -0.39 is 20.9 Å². The van der Waals surface area contributed by atoms with Gasteiger partial charge < -0.3 is 4.90 Å². The topological polar surface area (TPSA) is 94.4 Å². The lowest BCUT2D eigenvalue weighted by Crippen LogP contribution is -2.53. The Morgan fingerprint density at radius 2 is 1.92 bits per heavy atom. The van der Waals surface area contributed by atoms with Crippen LogP contribution in [0.1, 0.15) is 36.8 Å². The Hall–Kier alpha value is -2.99. The lowest BCUT2D eigenvalue weighted by molar-refractivity contribution is -0.122. The van der Waals surface area contributed by atoms with Gasteiger partial charge in [0.1, 0.15) is 0 Å². The molecular weight excluding hydrogens is 496 g/mol. The summed E-state index contributed by atoms with van der Waals surface area (Å²) in [4.78, 5) is 20.4. The zero-order valence-electron chi connectivity index (χ0n) is 19.7. The third-order valence-electron chi connectivity index (χ3n) is 8.03. The Morgan fingerprint density at radius 1 is 1.11 bits per heavy atom. The fraction of sp³-hybridized carbons (Fsp3) is 0.370. The average molecular weight is 521 g/mol. The van der Waals surface area contributed by atoms with E-state index in [9.17, 15) is 18.5 Å². The van der Waals surface area contributed by atoms with E-state index in [1.807, 2.05) is 36.4 Å². The van der Waals surface area contributed by atoms with Gasteiger partial charge >= 0.3 is 0 Å². The molecule has 36 heavy (non-hydrogen) atoms. The minimum absolute atomic E-state index is 0.0578. The van der Waals surface area contributed by atoms with Gasteiger partial charge in [-0.25, -0.2) is 8.42 Å². The first-order valence-electron chi connectivity index (χ1n) is 12.1. The van der Waals surface area contributed by atoms with Crippen LogP contribution in [0.3, 0.4) is 0 Å². The van der Waals surface area contributed by atoms with E-state index in [2.05, 4.69) is 11.1 Å². The van der Waals surface area contributed by atoms with Crippen LogP contribution in [-0.2, 0) is 26.8 Å². The second-order valence-electron chi connectivity index (χ2n) is 10.3. The van der Waals surface area contributed by atoms with Crippen LogP contribution in [-0.4, -0.2) is 42.5 Å². The first-order valence-corrected chi connectivity index (χ1v) is 14.0. The summed E-state index contributed by atoms with van der Waals surface area (Å²) in [5, 5.41) is 11.6. The molecule has 1 aliphatic carbocycles. The number of benzene rings is 2. The fourth-order valence-electron chi connectivity index (χ4n) is 5.87. The lowest BCUT2D eigenvalue weighted by Gasteiger charge is -2.40. The first-order chi connectivity index (χ1) is 17.3. The van der Waals surface area contributed by atoms with Gasteiger partial charge in [-0.05, 0) is 47.9 Å². The van der Waals surface area contributed by atoms with E-state index in [1.165, 1.54) is 4.31 Å². The Bertz CT molecular complexity index is 1540. The van der Waals surface area contributed by atoms with Crippen LogP contribution < -0.4 is 4.90 Å². The Morgan fingerprint density at radius 3 is 2.69 bits per heavy atom. The molecule has 3 aliphatic rings. The number of hydrogen-bond donors (Lipinski definition) is 0. The number of halogens is 1. The average Bonchev–Trinajstić information content (AvgIpc) is 3.54. The van der Waals surface area contributed by atoms with Crippen molar-refractivity contribution in [3.05, 3.63) is 71.0 Å². The Balaban J connectivity index is 1.41. The maximum Gasteiger partial charge on any atom is 0.239 e. The molecule has 1 saturated carbocycles. The van der Waals surface area contributed by atoms with Gasteiger partial charge in [-0.3, -0.25) is 9.78 Å². The maximum absolute atomic E-state index is 14.3. The van der Waals surface area contributed by atoms with E-state index in [-0.39, 0.29) is 31.2 Å². The van der Waals surface area contributed by atoms with Gasteiger partial charge in [-0.15, -0.1) is 0 Å². The summed E-state index contributed by atoms with van der Waals surface area (Å²) in [6.07, 6.45) is 5.66. The minimum atomic E-state index is -3.69. The molecule has 1 unspecified atom stereocenters. The zero-order chi connectivity index (χ0) is 25.1. The smallest absolute Gasteiger partial charge is 0.239 e. The van der Waals surface area contributed by atoms with Crippen LogP contribution >= 0.6 is 11.6 Å². The monoisotopic (exact) mass is 520 g/mol. The minimum Gasteiger partial charge on any atom is -0.309 e. The zero-order valence-corrected chi connectivity index (χ0v) is 21.2. The summed E-state index contributed by atoms with van der Waals surface area (Å²) in [6.45, 7) is 0.716. The van der Waals surface area contributed by atoms with Crippen molar-refractivity contribution in [1.29, 1.82) is 5.26 Å². The second-order valence-corrected chi connectivity index (χ2v) is 12.7. The third-order valence-corrected chi connectivity index (χ3v) is 10.3. The number of fused-ring (bicyclic) bond motifs is 3. The molecule has 184 valence electrons.